The van der Waals surface area contributed by atoms with Gasteiger partial charge in [0.15, 0.2) is 5.78 Å². The van der Waals surface area contributed by atoms with Crippen LogP contribution in [-0.2, 0) is 13.0 Å². The van der Waals surface area contributed by atoms with E-state index in [2.05, 4.69) is 21.7 Å². The predicted octanol–water partition coefficient (Wildman–Crippen LogP) is 2.37. The zero-order valence-electron chi connectivity index (χ0n) is 9.81. The molecule has 0 N–H and O–H groups in total. The van der Waals surface area contributed by atoms with Gasteiger partial charge in [-0.05, 0) is 30.5 Å². The lowest BCUT2D eigenvalue weighted by atomic mass is 10.1. The van der Waals surface area contributed by atoms with Crippen LogP contribution in [0.4, 0.5) is 0 Å². The van der Waals surface area contributed by atoms with Gasteiger partial charge in [0.25, 0.3) is 0 Å². The Hall–Kier alpha value is -1.90. The molecular weight excluding hydrogens is 212 g/mol. The molecule has 0 saturated heterocycles. The molecule has 0 radical (unpaired) electrons. The van der Waals surface area contributed by atoms with Crippen LogP contribution in [0.3, 0.4) is 0 Å². The number of hydrogen-bond acceptors (Lipinski definition) is 2. The Kier molecular flexibility index (Phi) is 2.32. The normalized spacial score (nSPS) is 14.1. The molecule has 2 aromatic rings. The average molecular weight is 226 g/mol. The molecule has 0 saturated carbocycles. The second-order valence-electron chi connectivity index (χ2n) is 4.52. The summed E-state index contributed by atoms with van der Waals surface area (Å²) in [6, 6.07) is 6.23. The molecule has 0 amide bonds. The van der Waals surface area contributed by atoms with Crippen molar-refractivity contribution in [1.82, 2.24) is 9.55 Å². The van der Waals surface area contributed by atoms with Crippen molar-refractivity contribution in [2.45, 2.75) is 26.3 Å². The van der Waals surface area contributed by atoms with Crippen LogP contribution >= 0.6 is 0 Å². The van der Waals surface area contributed by atoms with Crippen LogP contribution in [0.25, 0.3) is 0 Å². The lowest BCUT2D eigenvalue weighted by Crippen LogP contribution is -2.02. The van der Waals surface area contributed by atoms with E-state index in [1.54, 1.807) is 6.20 Å². The van der Waals surface area contributed by atoms with E-state index < -0.39 is 0 Å². The number of ketones is 1. The Labute approximate surface area is 100 Å². The average Bonchev–Trinajstić information content (AvgIpc) is 2.88. The van der Waals surface area contributed by atoms with Gasteiger partial charge >= 0.3 is 0 Å². The lowest BCUT2D eigenvalue weighted by molar-refractivity contribution is 0.0994. The third-order valence-electron chi connectivity index (χ3n) is 3.37. The van der Waals surface area contributed by atoms with Crippen molar-refractivity contribution in [1.29, 1.82) is 0 Å². The van der Waals surface area contributed by atoms with Crippen molar-refractivity contribution < 1.29 is 4.79 Å². The van der Waals surface area contributed by atoms with Crippen LogP contribution in [0.5, 0.6) is 0 Å². The fourth-order valence-corrected chi connectivity index (χ4v) is 2.35. The molecule has 1 aromatic heterocycles. The van der Waals surface area contributed by atoms with E-state index in [9.17, 15) is 4.79 Å². The maximum absolute atomic E-state index is 11.7. The molecule has 1 aliphatic rings. The monoisotopic (exact) mass is 226 g/mol. The minimum absolute atomic E-state index is 0.282. The van der Waals surface area contributed by atoms with Crippen LogP contribution in [0.2, 0.25) is 0 Å². The number of carbonyl (C=O) groups is 1. The third-order valence-corrected chi connectivity index (χ3v) is 3.37. The molecule has 1 heterocycles. The van der Waals surface area contributed by atoms with Crippen molar-refractivity contribution in [2.24, 2.45) is 0 Å². The highest BCUT2D eigenvalue weighted by Gasteiger charge is 2.19. The van der Waals surface area contributed by atoms with Gasteiger partial charge in [-0.15, -0.1) is 0 Å². The van der Waals surface area contributed by atoms with Crippen LogP contribution < -0.4 is 0 Å². The standard InChI is InChI=1S/C14H14N2O/c1-10-15-6-7-16(10)9-11-2-3-12-4-5-14(17)13(12)8-11/h2-3,6-8H,4-5,9H2,1H3. The topological polar surface area (TPSA) is 34.9 Å². The number of rotatable bonds is 2. The van der Waals surface area contributed by atoms with Crippen LogP contribution in [0.15, 0.2) is 30.6 Å². The number of carbonyl (C=O) groups excluding carboxylic acids is 1. The van der Waals surface area contributed by atoms with Crippen molar-refractivity contribution >= 4 is 5.78 Å². The minimum atomic E-state index is 0.282. The molecular formula is C14H14N2O. The van der Waals surface area contributed by atoms with E-state index in [-0.39, 0.29) is 5.78 Å². The summed E-state index contributed by atoms with van der Waals surface area (Å²) in [5.41, 5.74) is 3.28. The smallest absolute Gasteiger partial charge is 0.163 e. The summed E-state index contributed by atoms with van der Waals surface area (Å²) in [5, 5.41) is 0. The zero-order chi connectivity index (χ0) is 11.8. The number of aryl methyl sites for hydroxylation is 2. The molecule has 1 aliphatic carbocycles. The van der Waals surface area contributed by atoms with Gasteiger partial charge in [0.05, 0.1) is 0 Å². The van der Waals surface area contributed by atoms with E-state index >= 15 is 0 Å². The fraction of sp³-hybridized carbons (Fsp3) is 0.286. The van der Waals surface area contributed by atoms with Gasteiger partial charge in [-0.1, -0.05) is 12.1 Å². The van der Waals surface area contributed by atoms with Crippen LogP contribution in [0.1, 0.15) is 33.7 Å². The maximum Gasteiger partial charge on any atom is 0.163 e. The van der Waals surface area contributed by atoms with Crippen molar-refractivity contribution in [3.63, 3.8) is 0 Å². The molecule has 86 valence electrons. The summed E-state index contributed by atoms with van der Waals surface area (Å²) in [4.78, 5) is 15.9. The number of Topliss-reactive ketones (excluding diaryl/α,β-unsaturated/α-hetero) is 1. The number of fused-ring (bicyclic) bond motifs is 1. The third kappa shape index (κ3) is 1.78. The second-order valence-corrected chi connectivity index (χ2v) is 4.52. The van der Waals surface area contributed by atoms with Gasteiger partial charge in [-0.25, -0.2) is 4.98 Å². The maximum atomic E-state index is 11.7. The van der Waals surface area contributed by atoms with Gasteiger partial charge in [-0.3, -0.25) is 4.79 Å². The molecule has 0 aliphatic heterocycles. The molecule has 0 spiro atoms. The lowest BCUT2D eigenvalue weighted by Gasteiger charge is -2.07. The Balaban J connectivity index is 1.93. The summed E-state index contributed by atoms with van der Waals surface area (Å²) < 4.78 is 2.08. The first-order valence-electron chi connectivity index (χ1n) is 5.87. The van der Waals surface area contributed by atoms with E-state index in [0.29, 0.717) is 6.42 Å². The number of benzene rings is 1. The molecule has 17 heavy (non-hydrogen) atoms. The first kappa shape index (κ1) is 10.3. The summed E-state index contributed by atoms with van der Waals surface area (Å²) >= 11 is 0. The van der Waals surface area contributed by atoms with Gasteiger partial charge in [-0.2, -0.15) is 0 Å². The van der Waals surface area contributed by atoms with Crippen LogP contribution in [0, 0.1) is 6.92 Å². The summed E-state index contributed by atoms with van der Waals surface area (Å²) in [5.74, 6) is 1.28. The van der Waals surface area contributed by atoms with E-state index in [1.165, 1.54) is 11.1 Å². The number of aromatic nitrogens is 2. The Morgan fingerprint density at radius 1 is 1.35 bits per heavy atom. The number of nitrogens with zero attached hydrogens (tertiary/aromatic N) is 2. The first-order chi connectivity index (χ1) is 8.24. The zero-order valence-corrected chi connectivity index (χ0v) is 9.81. The van der Waals surface area contributed by atoms with E-state index in [4.69, 9.17) is 0 Å². The molecule has 3 nitrogen and oxygen atoms in total. The summed E-state index contributed by atoms with van der Waals surface area (Å²) in [6.45, 7) is 2.77. The van der Waals surface area contributed by atoms with Gasteiger partial charge in [0.2, 0.25) is 0 Å². The molecule has 0 bridgehead atoms. The first-order valence-corrected chi connectivity index (χ1v) is 5.87. The van der Waals surface area contributed by atoms with Gasteiger partial charge in [0, 0.05) is 30.9 Å². The summed E-state index contributed by atoms with van der Waals surface area (Å²) in [6.07, 6.45) is 5.33. The molecule has 3 heteroatoms. The van der Waals surface area contributed by atoms with Crippen LogP contribution in [-0.4, -0.2) is 15.3 Å². The number of hydrogen-bond donors (Lipinski definition) is 0. The Bertz CT molecular complexity index is 584. The Morgan fingerprint density at radius 2 is 2.24 bits per heavy atom. The number of imidazole rings is 1. The fourth-order valence-electron chi connectivity index (χ4n) is 2.35. The highest BCUT2D eigenvalue weighted by atomic mass is 16.1. The highest BCUT2D eigenvalue weighted by Crippen LogP contribution is 2.23. The molecule has 3 rings (SSSR count). The molecule has 0 atom stereocenters. The molecule has 0 unspecified atom stereocenters. The molecule has 1 aromatic carbocycles. The quantitative estimate of drug-likeness (QED) is 0.788. The highest BCUT2D eigenvalue weighted by molar-refractivity contribution is 6.00. The largest absolute Gasteiger partial charge is 0.331 e. The van der Waals surface area contributed by atoms with Crippen molar-refractivity contribution in [3.05, 3.63) is 53.1 Å². The second kappa shape index (κ2) is 3.84. The predicted molar refractivity (Wildman–Crippen MR) is 65.2 cm³/mol. The van der Waals surface area contributed by atoms with Crippen molar-refractivity contribution in [2.75, 3.05) is 0 Å². The Morgan fingerprint density at radius 3 is 3.00 bits per heavy atom. The van der Waals surface area contributed by atoms with E-state index in [0.717, 1.165) is 24.4 Å². The van der Waals surface area contributed by atoms with Gasteiger partial charge < -0.3 is 4.57 Å². The van der Waals surface area contributed by atoms with Gasteiger partial charge in [0.1, 0.15) is 5.82 Å². The summed E-state index contributed by atoms with van der Waals surface area (Å²) in [7, 11) is 0. The SMILES string of the molecule is Cc1nccn1Cc1ccc2c(c1)C(=O)CC2. The molecule has 0 fully saturated rings. The minimum Gasteiger partial charge on any atom is -0.331 e. The van der Waals surface area contributed by atoms with E-state index in [1.807, 2.05) is 19.2 Å². The van der Waals surface area contributed by atoms with Crippen molar-refractivity contribution in [3.8, 4) is 0 Å².